The van der Waals surface area contributed by atoms with Gasteiger partial charge in [-0.05, 0) is 19.8 Å². The summed E-state index contributed by atoms with van der Waals surface area (Å²) < 4.78 is 1.72. The van der Waals surface area contributed by atoms with Crippen molar-refractivity contribution in [2.75, 3.05) is 6.54 Å². The Morgan fingerprint density at radius 3 is 2.59 bits per heavy atom. The van der Waals surface area contributed by atoms with Gasteiger partial charge < -0.3 is 11.1 Å². The normalized spacial score (nSPS) is 10.9. The molecule has 0 aliphatic heterocycles. The van der Waals surface area contributed by atoms with Crippen molar-refractivity contribution in [3.8, 4) is 0 Å². The third kappa shape index (κ3) is 3.56. The Hall–Kier alpha value is -1.36. The third-order valence-electron chi connectivity index (χ3n) is 2.74. The lowest BCUT2D eigenvalue weighted by atomic mass is 10.2. The highest BCUT2D eigenvalue weighted by Gasteiger charge is 2.12. The fourth-order valence-corrected chi connectivity index (χ4v) is 1.69. The van der Waals surface area contributed by atoms with Gasteiger partial charge in [0, 0.05) is 24.3 Å². The van der Waals surface area contributed by atoms with Gasteiger partial charge in [-0.3, -0.25) is 9.48 Å². The SMILES string of the molecule is Cc1nn(CC(=O)NCC(C)C)c(C)c1CN. The lowest BCUT2D eigenvalue weighted by Gasteiger charge is -2.08. The molecular weight excluding hydrogens is 216 g/mol. The molecule has 0 saturated carbocycles. The quantitative estimate of drug-likeness (QED) is 0.794. The highest BCUT2D eigenvalue weighted by molar-refractivity contribution is 5.75. The summed E-state index contributed by atoms with van der Waals surface area (Å²) in [5.41, 5.74) is 8.55. The number of rotatable bonds is 5. The zero-order chi connectivity index (χ0) is 13.0. The molecule has 17 heavy (non-hydrogen) atoms. The maximum Gasteiger partial charge on any atom is 0.241 e. The smallest absolute Gasteiger partial charge is 0.241 e. The van der Waals surface area contributed by atoms with Crippen molar-refractivity contribution in [1.82, 2.24) is 15.1 Å². The van der Waals surface area contributed by atoms with E-state index in [0.29, 0.717) is 19.0 Å². The van der Waals surface area contributed by atoms with Crippen LogP contribution < -0.4 is 11.1 Å². The van der Waals surface area contributed by atoms with Gasteiger partial charge in [0.1, 0.15) is 6.54 Å². The molecule has 0 aromatic carbocycles. The summed E-state index contributed by atoms with van der Waals surface area (Å²) in [4.78, 5) is 11.7. The molecule has 1 amide bonds. The summed E-state index contributed by atoms with van der Waals surface area (Å²) in [5, 5.41) is 7.20. The molecule has 0 aliphatic carbocycles. The number of aryl methyl sites for hydroxylation is 1. The Kier molecular flexibility index (Phi) is 4.69. The van der Waals surface area contributed by atoms with Crippen LogP contribution >= 0.6 is 0 Å². The Balaban J connectivity index is 2.66. The standard InChI is InChI=1S/C12H22N4O/c1-8(2)6-14-12(17)7-16-10(4)11(5-13)9(3)15-16/h8H,5-7,13H2,1-4H3,(H,14,17). The molecule has 1 heterocycles. The molecule has 0 spiro atoms. The van der Waals surface area contributed by atoms with Gasteiger partial charge in [-0.2, -0.15) is 5.10 Å². The van der Waals surface area contributed by atoms with Crippen molar-refractivity contribution < 1.29 is 4.79 Å². The molecule has 0 fully saturated rings. The van der Waals surface area contributed by atoms with Crippen LogP contribution in [0.2, 0.25) is 0 Å². The highest BCUT2D eigenvalue weighted by Crippen LogP contribution is 2.11. The van der Waals surface area contributed by atoms with Crippen LogP contribution in [-0.4, -0.2) is 22.2 Å². The number of carbonyl (C=O) groups excluding carboxylic acids is 1. The number of nitrogens with two attached hydrogens (primary N) is 1. The van der Waals surface area contributed by atoms with Gasteiger partial charge in [-0.25, -0.2) is 0 Å². The van der Waals surface area contributed by atoms with Gasteiger partial charge in [0.2, 0.25) is 5.91 Å². The fourth-order valence-electron chi connectivity index (χ4n) is 1.69. The second-order valence-corrected chi connectivity index (χ2v) is 4.71. The first-order chi connectivity index (χ1) is 7.95. The van der Waals surface area contributed by atoms with Crippen molar-refractivity contribution in [3.63, 3.8) is 0 Å². The lowest BCUT2D eigenvalue weighted by molar-refractivity contribution is -0.122. The summed E-state index contributed by atoms with van der Waals surface area (Å²) in [7, 11) is 0. The van der Waals surface area contributed by atoms with Crippen LogP contribution in [0.1, 0.15) is 30.8 Å². The molecule has 0 atom stereocenters. The highest BCUT2D eigenvalue weighted by atomic mass is 16.2. The number of hydrogen-bond acceptors (Lipinski definition) is 3. The summed E-state index contributed by atoms with van der Waals surface area (Å²) in [6.45, 7) is 9.41. The molecular formula is C12H22N4O. The second kappa shape index (κ2) is 5.82. The van der Waals surface area contributed by atoms with Gasteiger partial charge in [-0.15, -0.1) is 0 Å². The average Bonchev–Trinajstić information content (AvgIpc) is 2.51. The Morgan fingerprint density at radius 2 is 2.12 bits per heavy atom. The zero-order valence-corrected chi connectivity index (χ0v) is 11.1. The molecule has 5 heteroatoms. The largest absolute Gasteiger partial charge is 0.354 e. The van der Waals surface area contributed by atoms with Crippen molar-refractivity contribution >= 4 is 5.91 Å². The first kappa shape index (κ1) is 13.7. The number of amides is 1. The monoisotopic (exact) mass is 238 g/mol. The predicted octanol–water partition coefficient (Wildman–Crippen LogP) is 0.731. The minimum atomic E-state index is -0.00660. The molecule has 3 N–H and O–H groups in total. The van der Waals surface area contributed by atoms with E-state index in [1.54, 1.807) is 4.68 Å². The predicted molar refractivity (Wildman–Crippen MR) is 67.4 cm³/mol. The van der Waals surface area contributed by atoms with E-state index in [1.165, 1.54) is 0 Å². The van der Waals surface area contributed by atoms with Gasteiger partial charge in [0.15, 0.2) is 0 Å². The molecule has 0 bridgehead atoms. The second-order valence-electron chi connectivity index (χ2n) is 4.71. The number of carbonyl (C=O) groups is 1. The lowest BCUT2D eigenvalue weighted by Crippen LogP contribution is -2.31. The van der Waals surface area contributed by atoms with Crippen LogP contribution in [0.4, 0.5) is 0 Å². The van der Waals surface area contributed by atoms with E-state index in [-0.39, 0.29) is 12.5 Å². The van der Waals surface area contributed by atoms with Crippen LogP contribution in [0.3, 0.4) is 0 Å². The topological polar surface area (TPSA) is 72.9 Å². The molecule has 0 saturated heterocycles. The van der Waals surface area contributed by atoms with Crippen molar-refractivity contribution in [2.45, 2.75) is 40.8 Å². The summed E-state index contributed by atoms with van der Waals surface area (Å²) in [6.07, 6.45) is 0. The van der Waals surface area contributed by atoms with Crippen molar-refractivity contribution in [2.24, 2.45) is 11.7 Å². The maximum atomic E-state index is 11.7. The van der Waals surface area contributed by atoms with Crippen LogP contribution in [0.15, 0.2) is 0 Å². The van der Waals surface area contributed by atoms with E-state index >= 15 is 0 Å². The molecule has 96 valence electrons. The number of aromatic nitrogens is 2. The van der Waals surface area contributed by atoms with Gasteiger partial charge in [0.05, 0.1) is 5.69 Å². The van der Waals surface area contributed by atoms with Gasteiger partial charge in [0.25, 0.3) is 0 Å². The number of nitrogens with one attached hydrogen (secondary N) is 1. The average molecular weight is 238 g/mol. The number of hydrogen-bond donors (Lipinski definition) is 2. The molecule has 0 aliphatic rings. The van der Waals surface area contributed by atoms with Gasteiger partial charge in [-0.1, -0.05) is 13.8 Å². The molecule has 0 unspecified atom stereocenters. The molecule has 0 radical (unpaired) electrons. The van der Waals surface area contributed by atoms with E-state index in [0.717, 1.165) is 17.0 Å². The van der Waals surface area contributed by atoms with Crippen molar-refractivity contribution in [3.05, 3.63) is 17.0 Å². The molecule has 5 nitrogen and oxygen atoms in total. The van der Waals surface area contributed by atoms with Crippen LogP contribution in [0.5, 0.6) is 0 Å². The first-order valence-corrected chi connectivity index (χ1v) is 5.95. The Labute approximate surface area is 102 Å². The van der Waals surface area contributed by atoms with Gasteiger partial charge >= 0.3 is 0 Å². The summed E-state index contributed by atoms with van der Waals surface area (Å²) in [6, 6.07) is 0. The summed E-state index contributed by atoms with van der Waals surface area (Å²) >= 11 is 0. The van der Waals surface area contributed by atoms with Crippen LogP contribution in [0.25, 0.3) is 0 Å². The van der Waals surface area contributed by atoms with E-state index in [9.17, 15) is 4.79 Å². The van der Waals surface area contributed by atoms with E-state index < -0.39 is 0 Å². The molecule has 1 rings (SSSR count). The third-order valence-corrected chi connectivity index (χ3v) is 2.74. The van der Waals surface area contributed by atoms with E-state index in [1.807, 2.05) is 13.8 Å². The zero-order valence-electron chi connectivity index (χ0n) is 11.1. The molecule has 1 aromatic heterocycles. The first-order valence-electron chi connectivity index (χ1n) is 5.95. The van der Waals surface area contributed by atoms with Crippen molar-refractivity contribution in [1.29, 1.82) is 0 Å². The van der Waals surface area contributed by atoms with E-state index in [4.69, 9.17) is 5.73 Å². The summed E-state index contributed by atoms with van der Waals surface area (Å²) in [5.74, 6) is 0.451. The fraction of sp³-hybridized carbons (Fsp3) is 0.667. The minimum Gasteiger partial charge on any atom is -0.354 e. The minimum absolute atomic E-state index is 0.00660. The Morgan fingerprint density at radius 1 is 1.47 bits per heavy atom. The Bertz CT molecular complexity index is 395. The van der Waals surface area contributed by atoms with E-state index in [2.05, 4.69) is 24.3 Å². The van der Waals surface area contributed by atoms with Crippen LogP contribution in [-0.2, 0) is 17.9 Å². The number of nitrogens with zero attached hydrogens (tertiary/aromatic N) is 2. The molecule has 1 aromatic rings. The maximum absolute atomic E-state index is 11.7. The van der Waals surface area contributed by atoms with Crippen LogP contribution in [0, 0.1) is 19.8 Å².